The molecule has 0 amide bonds. The van der Waals surface area contributed by atoms with Crippen LogP contribution >= 0.6 is 0 Å². The van der Waals surface area contributed by atoms with E-state index in [1.165, 1.54) is 34.6 Å². The fourth-order valence-electron chi connectivity index (χ4n) is 7.08. The van der Waals surface area contributed by atoms with Crippen molar-refractivity contribution in [1.29, 1.82) is 0 Å². The number of aryl methyl sites for hydroxylation is 1. The zero-order valence-electron chi connectivity index (χ0n) is 24.6. The third-order valence-electron chi connectivity index (χ3n) is 9.26. The van der Waals surface area contributed by atoms with Gasteiger partial charge in [-0.1, -0.05) is 36.4 Å². The second-order valence-corrected chi connectivity index (χ2v) is 11.9. The Morgan fingerprint density at radius 2 is 1.72 bits per heavy atom. The third-order valence-corrected chi connectivity index (χ3v) is 9.26. The first-order valence-electron chi connectivity index (χ1n) is 15.7. The smallest absolute Gasteiger partial charge is 0.270 e. The summed E-state index contributed by atoms with van der Waals surface area (Å²) in [6.07, 6.45) is 11.7. The van der Waals surface area contributed by atoms with Crippen molar-refractivity contribution in [3.63, 3.8) is 0 Å². The predicted octanol–water partition coefficient (Wildman–Crippen LogP) is 7.23. The number of allylic oxidation sites excluding steroid dienone is 4. The van der Waals surface area contributed by atoms with E-state index in [0.717, 1.165) is 84.6 Å². The van der Waals surface area contributed by atoms with E-state index < -0.39 is 0 Å². The molecule has 0 bridgehead atoms. The molecule has 0 saturated carbocycles. The summed E-state index contributed by atoms with van der Waals surface area (Å²) in [5, 5.41) is 2.52. The van der Waals surface area contributed by atoms with Gasteiger partial charge in [0.15, 0.2) is 0 Å². The molecule has 4 heterocycles. The minimum atomic E-state index is -0.127. The lowest BCUT2D eigenvalue weighted by Gasteiger charge is -2.17. The molecule has 1 N–H and O–H groups in total. The van der Waals surface area contributed by atoms with Gasteiger partial charge < -0.3 is 19.0 Å². The highest BCUT2D eigenvalue weighted by Gasteiger charge is 2.19. The molecule has 3 aromatic carbocycles. The van der Waals surface area contributed by atoms with Crippen LogP contribution < -0.4 is 5.56 Å². The van der Waals surface area contributed by atoms with E-state index in [9.17, 15) is 4.79 Å². The molecule has 7 heteroatoms. The number of rotatable bonds is 7. The van der Waals surface area contributed by atoms with Gasteiger partial charge in [0.25, 0.3) is 5.56 Å². The summed E-state index contributed by atoms with van der Waals surface area (Å²) in [5.74, 6) is 0.958. The van der Waals surface area contributed by atoms with Gasteiger partial charge in [0.05, 0.1) is 22.1 Å². The highest BCUT2D eigenvalue weighted by atomic mass is 16.1. The number of benzene rings is 3. The number of aromatic nitrogens is 5. The van der Waals surface area contributed by atoms with Crippen LogP contribution in [0.2, 0.25) is 0 Å². The Bertz CT molecular complexity index is 2140. The first-order chi connectivity index (χ1) is 21.2. The van der Waals surface area contributed by atoms with Crippen molar-refractivity contribution in [2.45, 2.75) is 52.1 Å². The predicted molar refractivity (Wildman–Crippen MR) is 178 cm³/mol. The van der Waals surface area contributed by atoms with Crippen molar-refractivity contribution in [3.05, 3.63) is 94.4 Å². The molecule has 0 spiro atoms. The molecule has 218 valence electrons. The fourth-order valence-corrected chi connectivity index (χ4v) is 7.08. The summed E-state index contributed by atoms with van der Waals surface area (Å²) in [7, 11) is 0. The molecule has 8 rings (SSSR count). The van der Waals surface area contributed by atoms with Crippen LogP contribution in [-0.4, -0.2) is 48.6 Å². The Balaban J connectivity index is 0.00000312. The van der Waals surface area contributed by atoms with Crippen LogP contribution in [0, 0.1) is 0 Å². The van der Waals surface area contributed by atoms with Gasteiger partial charge in [0.2, 0.25) is 0 Å². The fraction of sp³-hybridized carbons (Fsp3) is 0.306. The number of hydrogen-bond acceptors (Lipinski definition) is 4. The average molecular weight is 571 g/mol. The molecule has 1 aliphatic heterocycles. The molecular formula is C36H38N6O. The summed E-state index contributed by atoms with van der Waals surface area (Å²) in [6.45, 7) is 7.27. The number of imidazole rings is 1. The minimum Gasteiger partial charge on any atom is -0.341 e. The Morgan fingerprint density at radius 1 is 0.860 bits per heavy atom. The number of para-hydroxylation sites is 1. The maximum absolute atomic E-state index is 13.0. The molecular weight excluding hydrogens is 532 g/mol. The average Bonchev–Trinajstić information content (AvgIpc) is 3.76. The number of aromatic amines is 1. The van der Waals surface area contributed by atoms with E-state index >= 15 is 0 Å². The van der Waals surface area contributed by atoms with Gasteiger partial charge >= 0.3 is 0 Å². The quantitative estimate of drug-likeness (QED) is 0.220. The van der Waals surface area contributed by atoms with Crippen LogP contribution in [0.1, 0.15) is 39.7 Å². The second-order valence-electron chi connectivity index (χ2n) is 11.9. The van der Waals surface area contributed by atoms with Gasteiger partial charge in [-0.05, 0) is 87.7 Å². The van der Waals surface area contributed by atoms with E-state index in [4.69, 9.17) is 9.97 Å². The summed E-state index contributed by atoms with van der Waals surface area (Å²) in [4.78, 5) is 28.8. The van der Waals surface area contributed by atoms with Gasteiger partial charge in [-0.15, -0.1) is 0 Å². The lowest BCUT2D eigenvalue weighted by atomic mass is 10.0. The second kappa shape index (κ2) is 10.7. The molecule has 0 radical (unpaired) electrons. The molecule has 1 fully saturated rings. The Morgan fingerprint density at radius 3 is 2.56 bits per heavy atom. The molecule has 43 heavy (non-hydrogen) atoms. The highest BCUT2D eigenvalue weighted by molar-refractivity contribution is 6.09. The maximum Gasteiger partial charge on any atom is 0.270 e. The van der Waals surface area contributed by atoms with Gasteiger partial charge in [-0.25, -0.2) is 9.97 Å². The summed E-state index contributed by atoms with van der Waals surface area (Å²) >= 11 is 0. The minimum absolute atomic E-state index is 0. The van der Waals surface area contributed by atoms with Crippen molar-refractivity contribution in [2.24, 2.45) is 0 Å². The first kappa shape index (κ1) is 26.2. The van der Waals surface area contributed by atoms with Crippen molar-refractivity contribution in [3.8, 4) is 11.4 Å². The number of likely N-dealkylation sites (tertiary alicyclic amines) is 1. The van der Waals surface area contributed by atoms with E-state index in [1.807, 2.05) is 6.07 Å². The monoisotopic (exact) mass is 570 g/mol. The van der Waals surface area contributed by atoms with Crippen LogP contribution in [0.5, 0.6) is 0 Å². The molecule has 0 unspecified atom stereocenters. The molecule has 7 nitrogen and oxygen atoms in total. The maximum atomic E-state index is 13.0. The van der Waals surface area contributed by atoms with Crippen LogP contribution in [0.25, 0.3) is 55.3 Å². The molecule has 2 aliphatic rings. The third kappa shape index (κ3) is 4.59. The van der Waals surface area contributed by atoms with Crippen molar-refractivity contribution in [2.75, 3.05) is 19.6 Å². The summed E-state index contributed by atoms with van der Waals surface area (Å²) in [6, 6.07) is 19.5. The van der Waals surface area contributed by atoms with Crippen LogP contribution in [-0.2, 0) is 19.5 Å². The highest BCUT2D eigenvalue weighted by Crippen LogP contribution is 2.34. The largest absolute Gasteiger partial charge is 0.341 e. The first-order valence-corrected chi connectivity index (χ1v) is 15.7. The number of nitrogens with one attached hydrogen (secondary N) is 1. The molecule has 1 saturated heterocycles. The molecule has 3 aromatic heterocycles. The number of H-pyrrole nitrogens is 1. The van der Waals surface area contributed by atoms with E-state index in [1.54, 1.807) is 0 Å². The van der Waals surface area contributed by atoms with E-state index in [2.05, 4.69) is 92.7 Å². The van der Waals surface area contributed by atoms with Crippen molar-refractivity contribution < 1.29 is 1.43 Å². The Kier molecular flexibility index (Phi) is 6.48. The van der Waals surface area contributed by atoms with Gasteiger partial charge in [0, 0.05) is 54.9 Å². The van der Waals surface area contributed by atoms with Crippen molar-refractivity contribution >= 4 is 43.9 Å². The number of hydrogen-bond donors (Lipinski definition) is 1. The molecule has 6 aromatic rings. The zero-order chi connectivity index (χ0) is 28.9. The SMILES string of the molecule is CCn1c2ccccc2c2cc(-c3nc4cc5[nH]c(=O)c(CC6=CCCC=C6)nc5cc4n3CCN3CCCC3)ccc21.[HH]. The van der Waals surface area contributed by atoms with Crippen LogP contribution in [0.4, 0.5) is 0 Å². The van der Waals surface area contributed by atoms with Gasteiger partial charge in [0.1, 0.15) is 11.5 Å². The number of nitrogens with zero attached hydrogens (tertiary/aromatic N) is 5. The lowest BCUT2D eigenvalue weighted by Crippen LogP contribution is -2.24. The molecule has 0 atom stereocenters. The topological polar surface area (TPSA) is 71.7 Å². The van der Waals surface area contributed by atoms with Gasteiger partial charge in [-0.3, -0.25) is 4.79 Å². The van der Waals surface area contributed by atoms with E-state index in [-0.39, 0.29) is 6.99 Å². The molecule has 1 aliphatic carbocycles. The number of fused-ring (bicyclic) bond motifs is 5. The zero-order valence-corrected chi connectivity index (χ0v) is 24.6. The summed E-state index contributed by atoms with van der Waals surface area (Å²) in [5.41, 5.74) is 8.66. The normalized spacial score (nSPS) is 15.9. The standard InChI is InChI=1S/C36H36N6O.H2/c1-2-41-32-13-7-6-12-26(32)27-21-25(14-15-33(27)41)35-38-30-22-28-29(23-34(30)42(35)19-18-40-16-8-9-17-40)37-31(36(43)39-28)20-24-10-4-3-5-11-24;/h4,6-7,10-15,21-23H,2-3,5,8-9,16-20H2,1H3,(H,39,43);1H. The Hall–Kier alpha value is -4.49. The Labute approximate surface area is 251 Å². The lowest BCUT2D eigenvalue weighted by molar-refractivity contribution is 0.325. The van der Waals surface area contributed by atoms with Crippen molar-refractivity contribution in [1.82, 2.24) is 29.0 Å². The van der Waals surface area contributed by atoms with Crippen LogP contribution in [0.3, 0.4) is 0 Å². The summed E-state index contributed by atoms with van der Waals surface area (Å²) < 4.78 is 4.75. The van der Waals surface area contributed by atoms with Gasteiger partial charge in [-0.2, -0.15) is 0 Å². The van der Waals surface area contributed by atoms with Crippen LogP contribution in [0.15, 0.2) is 83.2 Å². The van der Waals surface area contributed by atoms with E-state index in [0.29, 0.717) is 12.1 Å².